The van der Waals surface area contributed by atoms with Crippen LogP contribution < -0.4 is 0 Å². The Morgan fingerprint density at radius 3 is 1.89 bits per heavy atom. The second-order valence-electron chi connectivity index (χ2n) is 5.24. The summed E-state index contributed by atoms with van der Waals surface area (Å²) < 4.78 is 9.18. The smallest absolute Gasteiger partial charge is 0.338 e. The Hall–Kier alpha value is -3.16. The van der Waals surface area contributed by atoms with Crippen molar-refractivity contribution in [2.75, 3.05) is 14.2 Å². The van der Waals surface area contributed by atoms with Gasteiger partial charge in [0.25, 0.3) is 0 Å². The van der Waals surface area contributed by atoms with Crippen molar-refractivity contribution < 1.29 is 19.1 Å². The SMILES string of the molecule is COC(=O)c1cc(C#N)ccc1C.COC(=O)c1cc(C#N)ccc1CBr. The number of methoxy groups -OCH3 is 2. The zero-order valence-electron chi connectivity index (χ0n) is 15.1. The monoisotopic (exact) mass is 428 g/mol. The first-order chi connectivity index (χ1) is 12.9. The highest BCUT2D eigenvalue weighted by atomic mass is 79.9. The quantitative estimate of drug-likeness (QED) is 0.542. The Labute approximate surface area is 166 Å². The summed E-state index contributed by atoms with van der Waals surface area (Å²) in [6.45, 7) is 1.80. The molecule has 0 saturated carbocycles. The molecule has 0 aliphatic rings. The van der Waals surface area contributed by atoms with E-state index in [2.05, 4.69) is 25.4 Å². The second-order valence-corrected chi connectivity index (χ2v) is 5.80. The van der Waals surface area contributed by atoms with Gasteiger partial charge >= 0.3 is 11.9 Å². The van der Waals surface area contributed by atoms with Gasteiger partial charge in [0, 0.05) is 5.33 Å². The van der Waals surface area contributed by atoms with E-state index in [1.165, 1.54) is 26.4 Å². The fourth-order valence-corrected chi connectivity index (χ4v) is 2.57. The number of nitriles is 2. The summed E-state index contributed by atoms with van der Waals surface area (Å²) in [5.74, 6) is -0.828. The van der Waals surface area contributed by atoms with Gasteiger partial charge in [0.05, 0.1) is 48.6 Å². The van der Waals surface area contributed by atoms with Gasteiger partial charge in [-0.05, 0) is 42.3 Å². The van der Waals surface area contributed by atoms with Crippen LogP contribution in [0.5, 0.6) is 0 Å². The van der Waals surface area contributed by atoms with E-state index in [-0.39, 0.29) is 0 Å². The highest BCUT2D eigenvalue weighted by Crippen LogP contribution is 2.16. The molecule has 138 valence electrons. The molecule has 2 rings (SSSR count). The molecule has 0 bridgehead atoms. The van der Waals surface area contributed by atoms with E-state index < -0.39 is 11.9 Å². The molecule has 27 heavy (non-hydrogen) atoms. The number of esters is 2. The van der Waals surface area contributed by atoms with Crippen molar-refractivity contribution in [3.8, 4) is 12.1 Å². The molecule has 7 heteroatoms. The number of aryl methyl sites for hydroxylation is 1. The van der Waals surface area contributed by atoms with E-state index in [9.17, 15) is 9.59 Å². The number of halogens is 1. The van der Waals surface area contributed by atoms with Crippen LogP contribution in [0.2, 0.25) is 0 Å². The zero-order chi connectivity index (χ0) is 20.4. The lowest BCUT2D eigenvalue weighted by atomic mass is 10.1. The lowest BCUT2D eigenvalue weighted by Gasteiger charge is -2.04. The maximum absolute atomic E-state index is 11.3. The number of carbonyl (C=O) groups excluding carboxylic acids is 2. The molecule has 0 fully saturated rings. The molecule has 0 spiro atoms. The Balaban J connectivity index is 0.000000271. The van der Waals surface area contributed by atoms with E-state index in [4.69, 9.17) is 10.5 Å². The van der Waals surface area contributed by atoms with Crippen molar-refractivity contribution >= 4 is 27.9 Å². The molecule has 0 aliphatic heterocycles. The fourth-order valence-electron chi connectivity index (χ4n) is 2.08. The van der Waals surface area contributed by atoms with Crippen LogP contribution >= 0.6 is 15.9 Å². The summed E-state index contributed by atoms with van der Waals surface area (Å²) in [4.78, 5) is 22.5. The van der Waals surface area contributed by atoms with Gasteiger partial charge in [-0.25, -0.2) is 9.59 Å². The first kappa shape index (κ1) is 21.9. The maximum atomic E-state index is 11.3. The second kappa shape index (κ2) is 10.7. The topological polar surface area (TPSA) is 100 Å². The first-order valence-corrected chi connectivity index (χ1v) is 8.80. The van der Waals surface area contributed by atoms with E-state index in [0.29, 0.717) is 27.6 Å². The number of hydrogen-bond acceptors (Lipinski definition) is 6. The van der Waals surface area contributed by atoms with Crippen LogP contribution in [-0.2, 0) is 14.8 Å². The first-order valence-electron chi connectivity index (χ1n) is 7.68. The lowest BCUT2D eigenvalue weighted by molar-refractivity contribution is 0.0591. The maximum Gasteiger partial charge on any atom is 0.338 e. The standard InChI is InChI=1S/C10H8BrNO2.C10H9NO2/c1-14-10(13)9-4-7(6-12)2-3-8(9)5-11;1-7-3-4-8(6-11)5-9(7)10(12)13-2/h2-4H,5H2,1H3;3-5H,1-2H3. The third-order valence-electron chi connectivity index (χ3n) is 3.56. The summed E-state index contributed by atoms with van der Waals surface area (Å²) in [6.07, 6.45) is 0. The van der Waals surface area contributed by atoms with Crippen molar-refractivity contribution in [2.24, 2.45) is 0 Å². The highest BCUT2D eigenvalue weighted by Gasteiger charge is 2.11. The molecular formula is C20H17BrN2O4. The van der Waals surface area contributed by atoms with Gasteiger partial charge in [-0.15, -0.1) is 0 Å². The molecule has 0 aliphatic carbocycles. The number of benzene rings is 2. The molecule has 0 N–H and O–H groups in total. The number of rotatable bonds is 3. The van der Waals surface area contributed by atoms with Crippen LogP contribution in [0, 0.1) is 29.6 Å². The Kier molecular flexibility index (Phi) is 8.71. The van der Waals surface area contributed by atoms with Gasteiger partial charge in [-0.1, -0.05) is 28.1 Å². The van der Waals surface area contributed by atoms with E-state index in [1.54, 1.807) is 31.2 Å². The summed E-state index contributed by atoms with van der Waals surface area (Å²) in [5, 5.41) is 17.8. The third kappa shape index (κ3) is 5.95. The average molecular weight is 429 g/mol. The van der Waals surface area contributed by atoms with Crippen molar-refractivity contribution in [1.29, 1.82) is 10.5 Å². The Morgan fingerprint density at radius 1 is 0.926 bits per heavy atom. The molecule has 0 unspecified atom stereocenters. The minimum absolute atomic E-state index is 0.408. The van der Waals surface area contributed by atoms with Crippen LogP contribution in [0.3, 0.4) is 0 Å². The predicted molar refractivity (Wildman–Crippen MR) is 102 cm³/mol. The summed E-state index contributed by atoms with van der Waals surface area (Å²) >= 11 is 3.26. The minimum atomic E-state index is -0.420. The van der Waals surface area contributed by atoms with Gasteiger partial charge in [-0.2, -0.15) is 10.5 Å². The van der Waals surface area contributed by atoms with Crippen LogP contribution in [0.25, 0.3) is 0 Å². The molecule has 6 nitrogen and oxygen atoms in total. The fraction of sp³-hybridized carbons (Fsp3) is 0.200. The molecule has 0 radical (unpaired) electrons. The average Bonchev–Trinajstić information content (AvgIpc) is 2.72. The molecule has 0 atom stereocenters. The molecule has 0 heterocycles. The van der Waals surface area contributed by atoms with Gasteiger partial charge in [0.1, 0.15) is 0 Å². The summed E-state index contributed by atoms with van der Waals surface area (Å²) in [5.41, 5.74) is 3.42. The number of nitrogens with zero attached hydrogens (tertiary/aromatic N) is 2. The third-order valence-corrected chi connectivity index (χ3v) is 4.16. The highest BCUT2D eigenvalue weighted by molar-refractivity contribution is 9.08. The van der Waals surface area contributed by atoms with Crippen LogP contribution in [0.15, 0.2) is 36.4 Å². The normalized spacial score (nSPS) is 9.11. The molecule has 2 aromatic rings. The van der Waals surface area contributed by atoms with Crippen molar-refractivity contribution in [3.05, 3.63) is 69.8 Å². The molecule has 2 aromatic carbocycles. The van der Waals surface area contributed by atoms with E-state index in [0.717, 1.165) is 11.1 Å². The molecule has 0 aromatic heterocycles. The van der Waals surface area contributed by atoms with Gasteiger partial charge in [0.15, 0.2) is 0 Å². The van der Waals surface area contributed by atoms with Crippen molar-refractivity contribution in [3.63, 3.8) is 0 Å². The van der Waals surface area contributed by atoms with Crippen molar-refractivity contribution in [1.82, 2.24) is 0 Å². The molecule has 0 saturated heterocycles. The summed E-state index contributed by atoms with van der Waals surface area (Å²) in [7, 11) is 2.64. The van der Waals surface area contributed by atoms with Crippen LogP contribution in [0.4, 0.5) is 0 Å². The lowest BCUT2D eigenvalue weighted by Crippen LogP contribution is -2.05. The Bertz CT molecular complexity index is 927. The summed E-state index contributed by atoms with van der Waals surface area (Å²) in [6, 6.07) is 13.8. The van der Waals surface area contributed by atoms with Gasteiger partial charge in [-0.3, -0.25) is 0 Å². The van der Waals surface area contributed by atoms with Crippen LogP contribution in [-0.4, -0.2) is 26.2 Å². The predicted octanol–water partition coefficient (Wildman–Crippen LogP) is 3.89. The van der Waals surface area contributed by atoms with Gasteiger partial charge < -0.3 is 9.47 Å². The number of ether oxygens (including phenoxy) is 2. The van der Waals surface area contributed by atoms with Gasteiger partial charge in [0.2, 0.25) is 0 Å². The van der Waals surface area contributed by atoms with Crippen LogP contribution in [0.1, 0.15) is 43.0 Å². The Morgan fingerprint density at radius 2 is 1.41 bits per heavy atom. The largest absolute Gasteiger partial charge is 0.465 e. The number of carbonyl (C=O) groups is 2. The molecule has 0 amide bonds. The van der Waals surface area contributed by atoms with Crippen molar-refractivity contribution in [2.45, 2.75) is 12.3 Å². The van der Waals surface area contributed by atoms with E-state index in [1.807, 2.05) is 12.1 Å². The van der Waals surface area contributed by atoms with E-state index >= 15 is 0 Å². The zero-order valence-corrected chi connectivity index (χ0v) is 16.7. The number of alkyl halides is 1. The number of hydrogen-bond donors (Lipinski definition) is 0. The minimum Gasteiger partial charge on any atom is -0.465 e. The molecular weight excluding hydrogens is 412 g/mol.